The first-order valence-corrected chi connectivity index (χ1v) is 6.31. The van der Waals surface area contributed by atoms with E-state index in [4.69, 9.17) is 0 Å². The maximum Gasteiger partial charge on any atom is 0.258 e. The van der Waals surface area contributed by atoms with Gasteiger partial charge in [-0.25, -0.2) is 18.1 Å². The number of hydrogen-bond acceptors (Lipinski definition) is 4. The van der Waals surface area contributed by atoms with Crippen molar-refractivity contribution >= 4 is 10.0 Å². The number of hydrogen-bond donors (Lipinski definition) is 2. The monoisotopic (exact) mass is 227 g/mol. The molecule has 2 heterocycles. The van der Waals surface area contributed by atoms with Crippen LogP contribution in [0.4, 0.5) is 0 Å². The molecule has 1 aromatic heterocycles. The van der Waals surface area contributed by atoms with Gasteiger partial charge in [0.25, 0.3) is 10.0 Å². The summed E-state index contributed by atoms with van der Waals surface area (Å²) in [7, 11) is -3.44. The molecule has 0 aliphatic carbocycles. The summed E-state index contributed by atoms with van der Waals surface area (Å²) in [6, 6.07) is 4.83. The molecule has 1 aromatic rings. The minimum atomic E-state index is -3.44. The molecule has 0 saturated carbocycles. The summed E-state index contributed by atoms with van der Waals surface area (Å²) in [6.45, 7) is 1.54. The van der Waals surface area contributed by atoms with E-state index >= 15 is 0 Å². The van der Waals surface area contributed by atoms with Crippen molar-refractivity contribution in [3.8, 4) is 0 Å². The number of sulfonamides is 1. The van der Waals surface area contributed by atoms with Crippen molar-refractivity contribution in [3.63, 3.8) is 0 Å². The molecule has 2 N–H and O–H groups in total. The van der Waals surface area contributed by atoms with Crippen LogP contribution in [0.15, 0.2) is 29.4 Å². The minimum absolute atomic E-state index is 0.0167. The first-order chi connectivity index (χ1) is 7.18. The van der Waals surface area contributed by atoms with Crippen molar-refractivity contribution in [1.82, 2.24) is 15.0 Å². The van der Waals surface area contributed by atoms with Crippen LogP contribution in [-0.2, 0) is 10.0 Å². The van der Waals surface area contributed by atoms with Gasteiger partial charge in [-0.2, -0.15) is 0 Å². The number of nitrogens with one attached hydrogen (secondary N) is 2. The zero-order valence-electron chi connectivity index (χ0n) is 8.18. The number of pyridine rings is 1. The Morgan fingerprint density at radius 3 is 2.93 bits per heavy atom. The van der Waals surface area contributed by atoms with E-state index in [-0.39, 0.29) is 11.1 Å². The van der Waals surface area contributed by atoms with Gasteiger partial charge >= 0.3 is 0 Å². The summed E-state index contributed by atoms with van der Waals surface area (Å²) < 4.78 is 26.2. The molecule has 0 spiro atoms. The Bertz CT molecular complexity index is 412. The normalized spacial score (nSPS) is 21.7. The third kappa shape index (κ3) is 2.53. The Kier molecular flexibility index (Phi) is 2.99. The van der Waals surface area contributed by atoms with Crippen LogP contribution in [0.1, 0.15) is 6.42 Å². The molecule has 2 rings (SSSR count). The summed E-state index contributed by atoms with van der Waals surface area (Å²) in [4.78, 5) is 3.82. The molecular weight excluding hydrogens is 214 g/mol. The molecule has 5 nitrogen and oxygen atoms in total. The van der Waals surface area contributed by atoms with Crippen LogP contribution in [0.25, 0.3) is 0 Å². The lowest BCUT2D eigenvalue weighted by Crippen LogP contribution is -2.36. The van der Waals surface area contributed by atoms with Gasteiger partial charge < -0.3 is 5.32 Å². The van der Waals surface area contributed by atoms with Crippen LogP contribution in [0.3, 0.4) is 0 Å². The van der Waals surface area contributed by atoms with Crippen LogP contribution >= 0.6 is 0 Å². The number of rotatable bonds is 3. The molecule has 0 radical (unpaired) electrons. The molecule has 0 amide bonds. The highest BCUT2D eigenvalue weighted by atomic mass is 32.2. The Labute approximate surface area is 89.0 Å². The molecular formula is C9H13N3O2S. The molecule has 15 heavy (non-hydrogen) atoms. The first-order valence-electron chi connectivity index (χ1n) is 4.82. The molecule has 1 saturated heterocycles. The van der Waals surface area contributed by atoms with Crippen LogP contribution in [0.5, 0.6) is 0 Å². The summed E-state index contributed by atoms with van der Waals surface area (Å²) in [5, 5.41) is 3.18. The second-order valence-electron chi connectivity index (χ2n) is 3.48. The molecule has 6 heteroatoms. The molecule has 1 aliphatic rings. The highest BCUT2D eigenvalue weighted by Gasteiger charge is 2.23. The van der Waals surface area contributed by atoms with E-state index in [0.29, 0.717) is 6.54 Å². The second kappa shape index (κ2) is 4.26. The van der Waals surface area contributed by atoms with Gasteiger partial charge in [0, 0.05) is 18.8 Å². The van der Waals surface area contributed by atoms with Crippen molar-refractivity contribution in [2.24, 2.45) is 0 Å². The van der Waals surface area contributed by atoms with E-state index in [1.54, 1.807) is 12.1 Å². The van der Waals surface area contributed by atoms with Crippen molar-refractivity contribution in [1.29, 1.82) is 0 Å². The molecule has 0 unspecified atom stereocenters. The largest absolute Gasteiger partial charge is 0.315 e. The minimum Gasteiger partial charge on any atom is -0.315 e. The SMILES string of the molecule is O=S(=O)(N[C@@H]1CCNC1)c1ccccn1. The molecule has 1 aliphatic heterocycles. The van der Waals surface area contributed by atoms with E-state index < -0.39 is 10.0 Å². The van der Waals surface area contributed by atoms with E-state index in [2.05, 4.69) is 15.0 Å². The van der Waals surface area contributed by atoms with Crippen molar-refractivity contribution in [2.75, 3.05) is 13.1 Å². The number of aromatic nitrogens is 1. The lowest BCUT2D eigenvalue weighted by atomic mass is 10.3. The fraction of sp³-hybridized carbons (Fsp3) is 0.444. The van der Waals surface area contributed by atoms with Crippen LogP contribution < -0.4 is 10.0 Å². The molecule has 0 bridgehead atoms. The Balaban J connectivity index is 2.13. The van der Waals surface area contributed by atoms with Gasteiger partial charge in [-0.05, 0) is 25.1 Å². The van der Waals surface area contributed by atoms with Gasteiger partial charge in [0.1, 0.15) is 0 Å². The van der Waals surface area contributed by atoms with E-state index in [1.807, 2.05) is 0 Å². The predicted molar refractivity (Wildman–Crippen MR) is 55.8 cm³/mol. The highest BCUT2D eigenvalue weighted by molar-refractivity contribution is 7.89. The first kappa shape index (κ1) is 10.5. The summed E-state index contributed by atoms with van der Waals surface area (Å²) in [6.07, 6.45) is 2.30. The smallest absolute Gasteiger partial charge is 0.258 e. The van der Waals surface area contributed by atoms with E-state index in [1.165, 1.54) is 12.3 Å². The van der Waals surface area contributed by atoms with Crippen LogP contribution in [0, 0.1) is 0 Å². The lowest BCUT2D eigenvalue weighted by molar-refractivity contribution is 0.556. The zero-order valence-corrected chi connectivity index (χ0v) is 9.00. The lowest BCUT2D eigenvalue weighted by Gasteiger charge is -2.10. The second-order valence-corrected chi connectivity index (χ2v) is 5.14. The summed E-state index contributed by atoms with van der Waals surface area (Å²) in [5.41, 5.74) is 0. The topological polar surface area (TPSA) is 71.1 Å². The molecule has 82 valence electrons. The quantitative estimate of drug-likeness (QED) is 0.745. The van der Waals surface area contributed by atoms with E-state index in [9.17, 15) is 8.42 Å². The Morgan fingerprint density at radius 2 is 2.33 bits per heavy atom. The maximum atomic E-state index is 11.8. The molecule has 0 aromatic carbocycles. The highest BCUT2D eigenvalue weighted by Crippen LogP contribution is 2.07. The standard InChI is InChI=1S/C9H13N3O2S/c13-15(14,9-3-1-2-5-11-9)12-8-4-6-10-7-8/h1-3,5,8,10,12H,4,6-7H2/t8-/m1/s1. The maximum absolute atomic E-state index is 11.8. The zero-order chi connectivity index (χ0) is 10.7. The van der Waals surface area contributed by atoms with Crippen LogP contribution in [-0.4, -0.2) is 32.5 Å². The third-order valence-electron chi connectivity index (χ3n) is 2.30. The van der Waals surface area contributed by atoms with E-state index in [0.717, 1.165) is 13.0 Å². The molecule has 1 fully saturated rings. The van der Waals surface area contributed by atoms with Crippen LogP contribution in [0.2, 0.25) is 0 Å². The molecule has 1 atom stereocenters. The van der Waals surface area contributed by atoms with Gasteiger partial charge in [-0.1, -0.05) is 6.07 Å². The van der Waals surface area contributed by atoms with Gasteiger partial charge in [-0.15, -0.1) is 0 Å². The Morgan fingerprint density at radius 1 is 1.47 bits per heavy atom. The van der Waals surface area contributed by atoms with Crippen molar-refractivity contribution in [2.45, 2.75) is 17.5 Å². The average Bonchev–Trinajstić information content (AvgIpc) is 2.71. The van der Waals surface area contributed by atoms with Gasteiger partial charge in [0.05, 0.1) is 0 Å². The summed E-state index contributed by atoms with van der Waals surface area (Å²) >= 11 is 0. The van der Waals surface area contributed by atoms with Crippen molar-refractivity contribution < 1.29 is 8.42 Å². The Hall–Kier alpha value is -0.980. The van der Waals surface area contributed by atoms with Gasteiger partial charge in [0.2, 0.25) is 0 Å². The number of nitrogens with zero attached hydrogens (tertiary/aromatic N) is 1. The fourth-order valence-electron chi connectivity index (χ4n) is 1.54. The predicted octanol–water partition coefficient (Wildman–Crippen LogP) is -0.278. The fourth-order valence-corrected chi connectivity index (χ4v) is 2.76. The van der Waals surface area contributed by atoms with Gasteiger partial charge in [0.15, 0.2) is 5.03 Å². The average molecular weight is 227 g/mol. The third-order valence-corrected chi connectivity index (χ3v) is 3.73. The van der Waals surface area contributed by atoms with Crippen molar-refractivity contribution in [3.05, 3.63) is 24.4 Å². The van der Waals surface area contributed by atoms with Gasteiger partial charge in [-0.3, -0.25) is 0 Å². The summed E-state index contributed by atoms with van der Waals surface area (Å²) in [5.74, 6) is 0.